The fourth-order valence-corrected chi connectivity index (χ4v) is 0.716. The second-order valence-corrected chi connectivity index (χ2v) is 2.61. The van der Waals surface area contributed by atoms with Crippen molar-refractivity contribution in [2.24, 2.45) is 10.9 Å². The molecule has 0 aliphatic rings. The normalized spacial score (nSPS) is 11.8. The molecule has 0 heterocycles. The Morgan fingerprint density at radius 2 is 2.30 bits per heavy atom. The standard InChI is InChI=1S/C8H16N2/c1-5-10-8(9-4)6-7(2)3/h5,7H,1,6H2,2-4H3,(H,9,10). The van der Waals surface area contributed by atoms with Crippen molar-refractivity contribution in [3.05, 3.63) is 12.8 Å². The Kier molecular flexibility index (Phi) is 4.63. The van der Waals surface area contributed by atoms with Crippen LogP contribution in [0.15, 0.2) is 17.8 Å². The molecule has 0 fully saturated rings. The first-order chi connectivity index (χ1) is 4.70. The molecule has 2 nitrogen and oxygen atoms in total. The van der Waals surface area contributed by atoms with Gasteiger partial charge in [-0.3, -0.25) is 0 Å². The van der Waals surface area contributed by atoms with Crippen LogP contribution in [0, 0.1) is 5.92 Å². The Labute approximate surface area is 63.0 Å². The van der Waals surface area contributed by atoms with Gasteiger partial charge in [-0.05, 0) is 5.92 Å². The average molecular weight is 140 g/mol. The van der Waals surface area contributed by atoms with Crippen LogP contribution in [0.25, 0.3) is 0 Å². The number of amidine groups is 1. The van der Waals surface area contributed by atoms with Crippen LogP contribution in [0.3, 0.4) is 0 Å². The monoisotopic (exact) mass is 140 g/mol. The topological polar surface area (TPSA) is 24.4 Å². The molecule has 0 aromatic carbocycles. The van der Waals surface area contributed by atoms with Crippen molar-refractivity contribution in [1.29, 1.82) is 0 Å². The summed E-state index contributed by atoms with van der Waals surface area (Å²) in [6.07, 6.45) is 2.55. The molecule has 0 bridgehead atoms. The number of hydrogen-bond donors (Lipinski definition) is 1. The first kappa shape index (κ1) is 9.21. The lowest BCUT2D eigenvalue weighted by atomic mass is 10.1. The highest BCUT2D eigenvalue weighted by atomic mass is 14.9. The molecule has 0 radical (unpaired) electrons. The quantitative estimate of drug-likeness (QED) is 0.469. The van der Waals surface area contributed by atoms with Crippen LogP contribution < -0.4 is 5.32 Å². The molecule has 0 atom stereocenters. The lowest BCUT2D eigenvalue weighted by Crippen LogP contribution is -2.19. The maximum Gasteiger partial charge on any atom is 0.101 e. The van der Waals surface area contributed by atoms with Gasteiger partial charge in [-0.25, -0.2) is 4.99 Å². The lowest BCUT2D eigenvalue weighted by molar-refractivity contribution is 0.673. The fraction of sp³-hybridized carbons (Fsp3) is 0.625. The van der Waals surface area contributed by atoms with Crippen molar-refractivity contribution in [1.82, 2.24) is 5.32 Å². The molecule has 2 heteroatoms. The number of hydrogen-bond acceptors (Lipinski definition) is 1. The summed E-state index contributed by atoms with van der Waals surface area (Å²) in [5.41, 5.74) is 0. The smallest absolute Gasteiger partial charge is 0.101 e. The van der Waals surface area contributed by atoms with E-state index in [0.717, 1.165) is 12.3 Å². The van der Waals surface area contributed by atoms with Crippen LogP contribution in [0.2, 0.25) is 0 Å². The molecule has 58 valence electrons. The Bertz CT molecular complexity index is 125. The number of nitrogens with one attached hydrogen (secondary N) is 1. The summed E-state index contributed by atoms with van der Waals surface area (Å²) in [5, 5.41) is 3.01. The first-order valence-corrected chi connectivity index (χ1v) is 3.56. The molecule has 1 N–H and O–H groups in total. The van der Waals surface area contributed by atoms with Gasteiger partial charge in [0, 0.05) is 19.7 Å². The van der Waals surface area contributed by atoms with Gasteiger partial charge in [-0.2, -0.15) is 0 Å². The molecule has 0 aromatic rings. The van der Waals surface area contributed by atoms with E-state index >= 15 is 0 Å². The fourth-order valence-electron chi connectivity index (χ4n) is 0.716. The second kappa shape index (κ2) is 5.03. The van der Waals surface area contributed by atoms with Gasteiger partial charge in [-0.1, -0.05) is 20.4 Å². The highest BCUT2D eigenvalue weighted by Crippen LogP contribution is 1.99. The predicted octanol–water partition coefficient (Wildman–Crippen LogP) is 1.79. The third-order valence-electron chi connectivity index (χ3n) is 1.14. The summed E-state index contributed by atoms with van der Waals surface area (Å²) in [7, 11) is 1.88. The maximum atomic E-state index is 4.05. The predicted molar refractivity (Wildman–Crippen MR) is 46.1 cm³/mol. The summed E-state index contributed by atoms with van der Waals surface area (Å²) in [4.78, 5) is 4.05. The van der Waals surface area contributed by atoms with E-state index in [1.807, 2.05) is 7.05 Å². The van der Waals surface area contributed by atoms with E-state index in [1.54, 1.807) is 6.20 Å². The van der Waals surface area contributed by atoms with E-state index in [1.165, 1.54) is 0 Å². The van der Waals surface area contributed by atoms with Crippen molar-refractivity contribution in [3.63, 3.8) is 0 Å². The van der Waals surface area contributed by atoms with E-state index in [4.69, 9.17) is 0 Å². The molecule has 0 aliphatic heterocycles. The molecule has 0 rings (SSSR count). The Morgan fingerprint density at radius 1 is 1.70 bits per heavy atom. The van der Waals surface area contributed by atoms with Gasteiger partial charge in [-0.15, -0.1) is 0 Å². The minimum absolute atomic E-state index is 0.645. The largest absolute Gasteiger partial charge is 0.377 e. The van der Waals surface area contributed by atoms with Crippen LogP contribution in [0.5, 0.6) is 0 Å². The van der Waals surface area contributed by atoms with E-state index < -0.39 is 0 Å². The molecule has 0 saturated carbocycles. The van der Waals surface area contributed by atoms with E-state index in [0.29, 0.717) is 5.92 Å². The van der Waals surface area contributed by atoms with Gasteiger partial charge in [0.1, 0.15) is 5.84 Å². The molecule has 0 unspecified atom stereocenters. The van der Waals surface area contributed by atoms with Crippen LogP contribution in [-0.4, -0.2) is 12.9 Å². The second-order valence-electron chi connectivity index (χ2n) is 2.61. The Morgan fingerprint density at radius 3 is 2.60 bits per heavy atom. The third kappa shape index (κ3) is 4.13. The van der Waals surface area contributed by atoms with Crippen LogP contribution >= 0.6 is 0 Å². The van der Waals surface area contributed by atoms with E-state index in [2.05, 4.69) is 30.7 Å². The highest BCUT2D eigenvalue weighted by molar-refractivity contribution is 5.82. The van der Waals surface area contributed by atoms with Crippen LogP contribution in [-0.2, 0) is 0 Å². The van der Waals surface area contributed by atoms with Crippen molar-refractivity contribution >= 4 is 5.84 Å². The zero-order chi connectivity index (χ0) is 7.98. The van der Waals surface area contributed by atoms with Gasteiger partial charge in [0.25, 0.3) is 0 Å². The highest BCUT2D eigenvalue weighted by Gasteiger charge is 1.97. The zero-order valence-corrected chi connectivity index (χ0v) is 7.02. The maximum absolute atomic E-state index is 4.05. The van der Waals surface area contributed by atoms with Gasteiger partial charge in [0.15, 0.2) is 0 Å². The summed E-state index contributed by atoms with van der Waals surface area (Å²) >= 11 is 0. The van der Waals surface area contributed by atoms with Gasteiger partial charge >= 0.3 is 0 Å². The van der Waals surface area contributed by atoms with Crippen molar-refractivity contribution in [3.8, 4) is 0 Å². The Balaban J connectivity index is 3.82. The van der Waals surface area contributed by atoms with Gasteiger partial charge in [0.2, 0.25) is 0 Å². The Hall–Kier alpha value is -0.790. The molecule has 0 saturated heterocycles. The average Bonchev–Trinajstić information content (AvgIpc) is 1.86. The van der Waals surface area contributed by atoms with Crippen molar-refractivity contribution < 1.29 is 0 Å². The molecule has 0 spiro atoms. The first-order valence-electron chi connectivity index (χ1n) is 3.56. The molecule has 0 aliphatic carbocycles. The summed E-state index contributed by atoms with van der Waals surface area (Å²) in [6, 6.07) is 0. The number of aliphatic imine (C=N–C) groups is 1. The SMILES string of the molecule is C=C/N=C(/CC(C)C)NC. The molecule has 10 heavy (non-hydrogen) atoms. The number of rotatable bonds is 3. The van der Waals surface area contributed by atoms with Crippen molar-refractivity contribution in [2.75, 3.05) is 7.05 Å². The van der Waals surface area contributed by atoms with Crippen molar-refractivity contribution in [2.45, 2.75) is 20.3 Å². The van der Waals surface area contributed by atoms with E-state index in [-0.39, 0.29) is 0 Å². The van der Waals surface area contributed by atoms with Gasteiger partial charge < -0.3 is 5.32 Å². The molecular weight excluding hydrogens is 124 g/mol. The summed E-state index contributed by atoms with van der Waals surface area (Å²) in [5.74, 6) is 1.65. The molecule has 0 aromatic heterocycles. The summed E-state index contributed by atoms with van der Waals surface area (Å²) < 4.78 is 0. The molecule has 0 amide bonds. The van der Waals surface area contributed by atoms with Crippen LogP contribution in [0.1, 0.15) is 20.3 Å². The minimum Gasteiger partial charge on any atom is -0.377 e. The summed E-state index contributed by atoms with van der Waals surface area (Å²) in [6.45, 7) is 7.85. The minimum atomic E-state index is 0.645. The lowest BCUT2D eigenvalue weighted by Gasteiger charge is -2.06. The zero-order valence-electron chi connectivity index (χ0n) is 7.02. The van der Waals surface area contributed by atoms with Crippen LogP contribution in [0.4, 0.5) is 0 Å². The third-order valence-corrected chi connectivity index (χ3v) is 1.14. The molecular formula is C8H16N2. The van der Waals surface area contributed by atoms with Gasteiger partial charge in [0.05, 0.1) is 0 Å². The number of nitrogens with zero attached hydrogens (tertiary/aromatic N) is 1. The van der Waals surface area contributed by atoms with E-state index in [9.17, 15) is 0 Å².